The van der Waals surface area contributed by atoms with Crippen LogP contribution in [0.3, 0.4) is 0 Å². The lowest BCUT2D eigenvalue weighted by molar-refractivity contribution is -0.276. The smallest absolute Gasteiger partial charge is 0.423 e. The number of halogens is 1. The quantitative estimate of drug-likeness (QED) is 0.429. The van der Waals surface area contributed by atoms with Crippen LogP contribution in [-0.2, 0) is 19.1 Å². The van der Waals surface area contributed by atoms with Crippen molar-refractivity contribution >= 4 is 40.5 Å². The zero-order chi connectivity index (χ0) is 23.5. The highest BCUT2D eigenvalue weighted by Crippen LogP contribution is 2.60. The van der Waals surface area contributed by atoms with Crippen LogP contribution in [0.4, 0.5) is 4.79 Å². The topological polar surface area (TPSA) is 123 Å². The van der Waals surface area contributed by atoms with Crippen LogP contribution in [0, 0.1) is 33.2 Å². The van der Waals surface area contributed by atoms with Gasteiger partial charge < -0.3 is 24.4 Å². The van der Waals surface area contributed by atoms with Crippen molar-refractivity contribution < 1.29 is 38.8 Å². The molecular formula is C22H26INO8. The Morgan fingerprint density at radius 3 is 2.53 bits per heavy atom. The summed E-state index contributed by atoms with van der Waals surface area (Å²) < 4.78 is 16.7. The van der Waals surface area contributed by atoms with Crippen molar-refractivity contribution in [1.29, 1.82) is 0 Å². The number of hydrogen-bond donors (Lipinski definition) is 2. The summed E-state index contributed by atoms with van der Waals surface area (Å²) in [6, 6.07) is 3.39. The highest BCUT2D eigenvalue weighted by atomic mass is 127. The maximum Gasteiger partial charge on any atom is 0.423 e. The molecule has 0 radical (unpaired) electrons. The second kappa shape index (κ2) is 8.14. The molecule has 0 aromatic heterocycles. The number of imide groups is 3. The fourth-order valence-corrected chi connectivity index (χ4v) is 6.21. The molecule has 1 saturated carbocycles. The summed E-state index contributed by atoms with van der Waals surface area (Å²) in [5.74, 6) is -5.29. The second-order valence-corrected chi connectivity index (χ2v) is 10.1. The molecule has 1 aromatic carbocycles. The maximum absolute atomic E-state index is 13.1. The largest absolute Gasteiger partial charge is 0.504 e. The van der Waals surface area contributed by atoms with Crippen molar-refractivity contribution in [2.24, 2.45) is 29.6 Å². The Labute approximate surface area is 199 Å². The lowest BCUT2D eigenvalue weighted by atomic mass is 9.62. The van der Waals surface area contributed by atoms with E-state index in [1.165, 1.54) is 7.11 Å². The number of rotatable bonds is 3. The van der Waals surface area contributed by atoms with Gasteiger partial charge in [0.05, 0.1) is 35.7 Å². The number of nitrogens with zero attached hydrogens (tertiary/aromatic N) is 1. The summed E-state index contributed by atoms with van der Waals surface area (Å²) in [6.45, 7) is 3.87. The van der Waals surface area contributed by atoms with E-state index < -0.39 is 53.5 Å². The number of aliphatic hydroxyl groups is 1. The molecule has 3 fully saturated rings. The number of likely N-dealkylation sites (tertiary alicyclic amines) is 1. The van der Waals surface area contributed by atoms with E-state index in [-0.39, 0.29) is 30.3 Å². The normalized spacial score (nSPS) is 34.0. The Kier molecular flexibility index (Phi) is 5.91. The summed E-state index contributed by atoms with van der Waals surface area (Å²) in [6.07, 6.45) is -1.08. The minimum atomic E-state index is -1.64. The van der Waals surface area contributed by atoms with E-state index in [0.717, 1.165) is 7.11 Å². The molecule has 174 valence electrons. The van der Waals surface area contributed by atoms with Gasteiger partial charge in [0.25, 0.3) is 0 Å². The third-order valence-corrected chi connectivity index (χ3v) is 7.91. The SMILES string of the molecule is COC(=O)N1C(=O)[C@H]2[C@H](C[C@H](C(C)C)[C@@]3(O)O[C@H](c4cc(I)c(O)c(OC)c4)C[C@@H]23)C1=O. The van der Waals surface area contributed by atoms with Crippen LogP contribution in [0.2, 0.25) is 0 Å². The van der Waals surface area contributed by atoms with Crippen molar-refractivity contribution in [1.82, 2.24) is 4.90 Å². The molecule has 2 aliphatic heterocycles. The van der Waals surface area contributed by atoms with Gasteiger partial charge in [0.1, 0.15) is 0 Å². The Hall–Kier alpha value is -1.92. The molecule has 2 heterocycles. The molecule has 0 unspecified atom stereocenters. The van der Waals surface area contributed by atoms with Crippen molar-refractivity contribution in [3.05, 3.63) is 21.3 Å². The summed E-state index contributed by atoms with van der Waals surface area (Å²) in [5.41, 5.74) is 0.688. The first-order valence-corrected chi connectivity index (χ1v) is 11.5. The summed E-state index contributed by atoms with van der Waals surface area (Å²) >= 11 is 1.98. The van der Waals surface area contributed by atoms with Gasteiger partial charge in [0.15, 0.2) is 17.3 Å². The number of methoxy groups -OCH3 is 2. The summed E-state index contributed by atoms with van der Waals surface area (Å²) in [7, 11) is 2.56. The molecule has 0 bridgehead atoms. The van der Waals surface area contributed by atoms with Crippen LogP contribution in [0.15, 0.2) is 12.1 Å². The number of ether oxygens (including phenoxy) is 3. The third kappa shape index (κ3) is 3.29. The number of amides is 3. The molecule has 3 aliphatic rings. The zero-order valence-electron chi connectivity index (χ0n) is 18.2. The van der Waals surface area contributed by atoms with Gasteiger partial charge in [-0.3, -0.25) is 9.59 Å². The van der Waals surface area contributed by atoms with Crippen LogP contribution >= 0.6 is 22.6 Å². The average Bonchev–Trinajstić information content (AvgIpc) is 3.22. The molecular weight excluding hydrogens is 533 g/mol. The first-order chi connectivity index (χ1) is 15.0. The van der Waals surface area contributed by atoms with E-state index in [0.29, 0.717) is 14.0 Å². The molecule has 10 heteroatoms. The Balaban J connectivity index is 1.75. The third-order valence-electron chi connectivity index (χ3n) is 7.08. The van der Waals surface area contributed by atoms with Gasteiger partial charge in [-0.05, 0) is 59.0 Å². The van der Waals surface area contributed by atoms with Crippen LogP contribution in [0.5, 0.6) is 11.5 Å². The van der Waals surface area contributed by atoms with Gasteiger partial charge in [0, 0.05) is 11.8 Å². The standard InChI is InChI=1S/C22H26INO8/c1-9(2)12-7-11-17(20(27)24(19(11)26)21(28)31-4)13-8-15(32-22(12,13)29)10-5-14(23)18(25)16(6-10)30-3/h5-6,9,11-13,15,17,25,29H,7-8H2,1-4H3/t11-,12+,13-,15-,17-,22+/m0/s1. The Morgan fingerprint density at radius 1 is 1.25 bits per heavy atom. The lowest BCUT2D eigenvalue weighted by Crippen LogP contribution is -2.55. The molecule has 1 aliphatic carbocycles. The summed E-state index contributed by atoms with van der Waals surface area (Å²) in [4.78, 5) is 38.8. The monoisotopic (exact) mass is 559 g/mol. The Morgan fingerprint density at radius 2 is 1.94 bits per heavy atom. The molecule has 32 heavy (non-hydrogen) atoms. The second-order valence-electron chi connectivity index (χ2n) is 8.95. The van der Waals surface area contributed by atoms with Crippen molar-refractivity contribution in [3.63, 3.8) is 0 Å². The van der Waals surface area contributed by atoms with Gasteiger partial charge in [-0.15, -0.1) is 0 Å². The molecule has 3 amide bonds. The maximum atomic E-state index is 13.1. The number of fused-ring (bicyclic) bond motifs is 3. The fraction of sp³-hybridized carbons (Fsp3) is 0.591. The van der Waals surface area contributed by atoms with E-state index in [4.69, 9.17) is 9.47 Å². The fourth-order valence-electron chi connectivity index (χ4n) is 5.58. The van der Waals surface area contributed by atoms with Crippen LogP contribution in [0.25, 0.3) is 0 Å². The highest BCUT2D eigenvalue weighted by Gasteiger charge is 2.68. The molecule has 9 nitrogen and oxygen atoms in total. The minimum absolute atomic E-state index is 0.0105. The molecule has 0 spiro atoms. The van der Waals surface area contributed by atoms with E-state index in [1.54, 1.807) is 12.1 Å². The number of benzene rings is 1. The predicted octanol–water partition coefficient (Wildman–Crippen LogP) is 2.82. The minimum Gasteiger partial charge on any atom is -0.504 e. The van der Waals surface area contributed by atoms with Gasteiger partial charge in [-0.25, -0.2) is 4.79 Å². The van der Waals surface area contributed by atoms with E-state index in [2.05, 4.69) is 4.74 Å². The van der Waals surface area contributed by atoms with Crippen LogP contribution in [0.1, 0.15) is 38.4 Å². The van der Waals surface area contributed by atoms with E-state index in [1.807, 2.05) is 36.4 Å². The van der Waals surface area contributed by atoms with Gasteiger partial charge >= 0.3 is 6.09 Å². The first kappa shape index (κ1) is 23.2. The summed E-state index contributed by atoms with van der Waals surface area (Å²) in [5, 5.41) is 21.9. The molecule has 6 atom stereocenters. The number of carbonyl (C=O) groups excluding carboxylic acids is 3. The van der Waals surface area contributed by atoms with Crippen LogP contribution < -0.4 is 4.74 Å². The van der Waals surface area contributed by atoms with Crippen molar-refractivity contribution in [3.8, 4) is 11.5 Å². The zero-order valence-corrected chi connectivity index (χ0v) is 20.4. The molecule has 2 saturated heterocycles. The van der Waals surface area contributed by atoms with Crippen molar-refractivity contribution in [2.75, 3.05) is 14.2 Å². The lowest BCUT2D eigenvalue weighted by Gasteiger charge is -2.46. The number of hydrogen-bond acceptors (Lipinski definition) is 8. The van der Waals surface area contributed by atoms with Crippen molar-refractivity contribution in [2.45, 2.75) is 38.6 Å². The number of phenols is 1. The number of phenolic OH excluding ortho intramolecular Hbond substituents is 1. The van der Waals surface area contributed by atoms with E-state index in [9.17, 15) is 24.6 Å². The van der Waals surface area contributed by atoms with Gasteiger partial charge in [-0.1, -0.05) is 13.8 Å². The van der Waals surface area contributed by atoms with E-state index >= 15 is 0 Å². The van der Waals surface area contributed by atoms with Gasteiger partial charge in [0.2, 0.25) is 11.8 Å². The average molecular weight is 559 g/mol. The highest BCUT2D eigenvalue weighted by molar-refractivity contribution is 14.1. The number of carbonyl (C=O) groups is 3. The molecule has 4 rings (SSSR count). The van der Waals surface area contributed by atoms with Crippen LogP contribution in [-0.4, -0.2) is 53.0 Å². The predicted molar refractivity (Wildman–Crippen MR) is 118 cm³/mol. The number of aromatic hydroxyl groups is 1. The Bertz CT molecular complexity index is 981. The first-order valence-electron chi connectivity index (χ1n) is 10.5. The molecule has 2 N–H and O–H groups in total. The molecule has 1 aromatic rings. The van der Waals surface area contributed by atoms with Gasteiger partial charge in [-0.2, -0.15) is 4.90 Å².